The molecule has 2 heterocycles. The molecule has 3 unspecified atom stereocenters. The average Bonchev–Trinajstić information content (AvgIpc) is 2.88. The number of nitrogens with two attached hydrogens (primary N) is 2. The summed E-state index contributed by atoms with van der Waals surface area (Å²) in [5.41, 5.74) is 9.61. The van der Waals surface area contributed by atoms with Gasteiger partial charge in [-0.1, -0.05) is 12.1 Å². The molecule has 0 radical (unpaired) electrons. The number of carbonyl (C=O) groups excluding carboxylic acids is 3. The van der Waals surface area contributed by atoms with E-state index in [0.29, 0.717) is 18.8 Å². The Hall–Kier alpha value is -2.69. The third-order valence-corrected chi connectivity index (χ3v) is 4.83. The number of urea groups is 1. The first kappa shape index (κ1) is 18.1. The van der Waals surface area contributed by atoms with Gasteiger partial charge in [0.05, 0.1) is 13.2 Å². The summed E-state index contributed by atoms with van der Waals surface area (Å²) >= 11 is 0. The van der Waals surface area contributed by atoms with Crippen molar-refractivity contribution in [3.05, 3.63) is 29.8 Å². The summed E-state index contributed by atoms with van der Waals surface area (Å²) in [6.45, 7) is 0.434. The van der Waals surface area contributed by atoms with E-state index in [1.807, 2.05) is 0 Å². The highest BCUT2D eigenvalue weighted by Gasteiger charge is 2.60. The van der Waals surface area contributed by atoms with Gasteiger partial charge in [0.1, 0.15) is 18.8 Å². The van der Waals surface area contributed by atoms with E-state index in [-0.39, 0.29) is 24.6 Å². The average molecular weight is 364 g/mol. The number of β-amino-alcohol motifs (C(OH)–C–C–N with tert-alkyl or cyclic N) is 1. The third-order valence-electron chi connectivity index (χ3n) is 4.83. The molecule has 2 aliphatic heterocycles. The van der Waals surface area contributed by atoms with Gasteiger partial charge in [0.25, 0.3) is 11.8 Å². The van der Waals surface area contributed by atoms with Crippen molar-refractivity contribution < 1.29 is 29.3 Å². The Labute approximate surface area is 148 Å². The molecule has 10 heteroatoms. The zero-order valence-corrected chi connectivity index (χ0v) is 13.9. The van der Waals surface area contributed by atoms with Gasteiger partial charge in [0, 0.05) is 12.2 Å². The number of anilines is 1. The van der Waals surface area contributed by atoms with Crippen LogP contribution in [0.1, 0.15) is 5.56 Å². The Bertz CT molecular complexity index is 739. The molecule has 0 aliphatic carbocycles. The van der Waals surface area contributed by atoms with Crippen molar-refractivity contribution in [3.63, 3.8) is 0 Å². The summed E-state index contributed by atoms with van der Waals surface area (Å²) < 4.78 is 5.08. The zero-order chi connectivity index (χ0) is 19.1. The fraction of sp³-hybridized carbons (Fsp3) is 0.438. The van der Waals surface area contributed by atoms with Gasteiger partial charge < -0.3 is 36.2 Å². The fourth-order valence-corrected chi connectivity index (χ4v) is 3.57. The largest absolute Gasteiger partial charge is 0.388 e. The molecule has 1 aromatic carbocycles. The molecule has 0 aromatic heterocycles. The van der Waals surface area contributed by atoms with E-state index in [1.54, 1.807) is 12.1 Å². The summed E-state index contributed by atoms with van der Waals surface area (Å²) in [5.74, 6) is -1.22. The molecule has 6 N–H and O–H groups in total. The van der Waals surface area contributed by atoms with Gasteiger partial charge in [-0.2, -0.15) is 0 Å². The second-order valence-electron chi connectivity index (χ2n) is 6.24. The van der Waals surface area contributed by atoms with Gasteiger partial charge in [-0.3, -0.25) is 9.59 Å². The summed E-state index contributed by atoms with van der Waals surface area (Å²) in [6, 6.07) is 5.09. The van der Waals surface area contributed by atoms with Crippen molar-refractivity contribution in [2.45, 2.75) is 17.7 Å². The Morgan fingerprint density at radius 2 is 1.85 bits per heavy atom. The molecule has 26 heavy (non-hydrogen) atoms. The van der Waals surface area contributed by atoms with Crippen LogP contribution >= 0.6 is 0 Å². The monoisotopic (exact) mass is 364 g/mol. The van der Waals surface area contributed by atoms with Crippen molar-refractivity contribution >= 4 is 23.5 Å². The van der Waals surface area contributed by atoms with Crippen LogP contribution in [0.25, 0.3) is 0 Å². The number of ether oxygens (including phenoxy) is 1. The molecule has 2 saturated heterocycles. The first-order chi connectivity index (χ1) is 12.3. The molecular weight excluding hydrogens is 344 g/mol. The molecule has 1 aromatic rings. The van der Waals surface area contributed by atoms with Crippen molar-refractivity contribution in [1.29, 1.82) is 0 Å². The SMILES string of the molecule is NC(=O)N1CC(O)C(O)C1(C(N)=O)c1ccc(N2CCOCC2=O)cc1. The summed E-state index contributed by atoms with van der Waals surface area (Å²) in [6.07, 6.45) is -3.01. The number of benzene rings is 1. The minimum Gasteiger partial charge on any atom is -0.388 e. The van der Waals surface area contributed by atoms with Crippen LogP contribution in [-0.4, -0.2) is 71.5 Å². The number of rotatable bonds is 3. The van der Waals surface area contributed by atoms with E-state index in [2.05, 4.69) is 0 Å². The number of nitrogens with zero attached hydrogens (tertiary/aromatic N) is 2. The normalized spacial score (nSPS) is 29.1. The van der Waals surface area contributed by atoms with Crippen LogP contribution in [0.4, 0.5) is 10.5 Å². The fourth-order valence-electron chi connectivity index (χ4n) is 3.57. The molecule has 4 amide bonds. The number of carbonyl (C=O) groups is 3. The third kappa shape index (κ3) is 2.59. The van der Waals surface area contributed by atoms with E-state index in [9.17, 15) is 24.6 Å². The van der Waals surface area contributed by atoms with Gasteiger partial charge in [-0.25, -0.2) is 4.79 Å². The summed E-state index contributed by atoms with van der Waals surface area (Å²) in [7, 11) is 0. The van der Waals surface area contributed by atoms with Crippen LogP contribution in [0.3, 0.4) is 0 Å². The molecule has 3 atom stereocenters. The molecule has 140 valence electrons. The van der Waals surface area contributed by atoms with Crippen molar-refractivity contribution in [3.8, 4) is 0 Å². The van der Waals surface area contributed by atoms with E-state index >= 15 is 0 Å². The van der Waals surface area contributed by atoms with Crippen molar-refractivity contribution in [2.75, 3.05) is 31.2 Å². The van der Waals surface area contributed by atoms with E-state index in [1.165, 1.54) is 17.0 Å². The maximum atomic E-state index is 12.3. The summed E-state index contributed by atoms with van der Waals surface area (Å²) in [4.78, 5) is 38.4. The number of morpholine rings is 1. The Morgan fingerprint density at radius 1 is 1.19 bits per heavy atom. The second kappa shape index (κ2) is 6.56. The lowest BCUT2D eigenvalue weighted by atomic mass is 9.83. The molecule has 3 rings (SSSR count). The number of likely N-dealkylation sites (tertiary alicyclic amines) is 1. The highest BCUT2D eigenvalue weighted by Crippen LogP contribution is 2.39. The van der Waals surface area contributed by atoms with Crippen molar-refractivity contribution in [2.24, 2.45) is 11.5 Å². The number of aliphatic hydroxyl groups is 2. The second-order valence-corrected chi connectivity index (χ2v) is 6.24. The molecule has 2 fully saturated rings. The van der Waals surface area contributed by atoms with Crippen LogP contribution < -0.4 is 16.4 Å². The minimum atomic E-state index is -1.99. The van der Waals surface area contributed by atoms with Gasteiger partial charge >= 0.3 is 6.03 Å². The Morgan fingerprint density at radius 3 is 2.38 bits per heavy atom. The Kier molecular flexibility index (Phi) is 4.57. The molecule has 10 nitrogen and oxygen atoms in total. The predicted octanol–water partition coefficient (Wildman–Crippen LogP) is -2.15. The number of hydrogen-bond acceptors (Lipinski definition) is 6. The number of hydrogen-bond donors (Lipinski definition) is 4. The lowest BCUT2D eigenvalue weighted by Gasteiger charge is -2.37. The predicted molar refractivity (Wildman–Crippen MR) is 88.8 cm³/mol. The number of primary amides is 2. The zero-order valence-electron chi connectivity index (χ0n) is 13.9. The smallest absolute Gasteiger partial charge is 0.316 e. The van der Waals surface area contributed by atoms with E-state index in [0.717, 1.165) is 4.90 Å². The number of aliphatic hydroxyl groups excluding tert-OH is 2. The molecule has 0 spiro atoms. The minimum absolute atomic E-state index is 0.0205. The van der Waals surface area contributed by atoms with Gasteiger partial charge in [-0.15, -0.1) is 0 Å². The highest BCUT2D eigenvalue weighted by atomic mass is 16.5. The highest BCUT2D eigenvalue weighted by molar-refractivity contribution is 5.95. The maximum absolute atomic E-state index is 12.3. The first-order valence-corrected chi connectivity index (χ1v) is 8.02. The summed E-state index contributed by atoms with van der Waals surface area (Å²) in [5, 5.41) is 20.4. The quantitative estimate of drug-likeness (QED) is 0.478. The molecule has 0 bridgehead atoms. The van der Waals surface area contributed by atoms with Gasteiger partial charge in [0.15, 0.2) is 5.54 Å². The topological polar surface area (TPSA) is 159 Å². The van der Waals surface area contributed by atoms with Gasteiger partial charge in [0.2, 0.25) is 0 Å². The van der Waals surface area contributed by atoms with Crippen molar-refractivity contribution in [1.82, 2.24) is 4.90 Å². The van der Waals surface area contributed by atoms with Crippen LogP contribution in [0, 0.1) is 0 Å². The lowest BCUT2D eigenvalue weighted by Crippen LogP contribution is -2.60. The first-order valence-electron chi connectivity index (χ1n) is 8.02. The maximum Gasteiger partial charge on any atom is 0.316 e. The molecular formula is C16H20N4O6. The van der Waals surface area contributed by atoms with Gasteiger partial charge in [-0.05, 0) is 17.7 Å². The Balaban J connectivity index is 2.02. The van der Waals surface area contributed by atoms with Crippen LogP contribution in [0.5, 0.6) is 0 Å². The van der Waals surface area contributed by atoms with E-state index in [4.69, 9.17) is 16.2 Å². The standard InChI is InChI=1S/C16H20N4O6/c17-14(24)16(13(23)11(21)7-20(16)15(18)25)9-1-3-10(4-2-9)19-5-6-26-8-12(19)22/h1-4,11,13,21,23H,5-8H2,(H2,17,24)(H2,18,25). The molecule has 0 saturated carbocycles. The van der Waals surface area contributed by atoms with Crippen LogP contribution in [0.15, 0.2) is 24.3 Å². The number of amides is 4. The van der Waals surface area contributed by atoms with E-state index < -0.39 is 29.7 Å². The molecule has 2 aliphatic rings. The van der Waals surface area contributed by atoms with Crippen LogP contribution in [0.2, 0.25) is 0 Å². The van der Waals surface area contributed by atoms with Crippen LogP contribution in [-0.2, 0) is 19.9 Å². The lowest BCUT2D eigenvalue weighted by molar-refractivity contribution is -0.134.